The predicted molar refractivity (Wildman–Crippen MR) is 101 cm³/mol. The van der Waals surface area contributed by atoms with Gasteiger partial charge < -0.3 is 0 Å². The normalized spacial score (nSPS) is 22.5. The molecule has 0 bridgehead atoms. The quantitative estimate of drug-likeness (QED) is 0.523. The average molecular weight is 375 g/mol. The zero-order valence-electron chi connectivity index (χ0n) is 12.6. The fraction of sp³-hybridized carbons (Fsp3) is 0.571. The molecule has 8 heteroatoms. The van der Waals surface area contributed by atoms with E-state index in [2.05, 4.69) is 13.8 Å². The molecule has 0 saturated carbocycles. The minimum atomic E-state index is -0.153. The lowest BCUT2D eigenvalue weighted by Crippen LogP contribution is -2.30. The molecule has 0 aromatic carbocycles. The van der Waals surface area contributed by atoms with Crippen LogP contribution < -0.4 is 0 Å². The molecule has 0 atom stereocenters. The van der Waals surface area contributed by atoms with E-state index in [1.165, 1.54) is 23.5 Å². The first kappa shape index (κ1) is 17.9. The van der Waals surface area contributed by atoms with Crippen molar-refractivity contribution >= 4 is 68.4 Å². The number of rotatable bonds is 6. The molecule has 0 spiro atoms. The summed E-state index contributed by atoms with van der Waals surface area (Å²) in [6.45, 7) is 5.36. The molecule has 0 aliphatic carbocycles. The second-order valence-electron chi connectivity index (χ2n) is 5.01. The first-order valence-corrected chi connectivity index (χ1v) is 9.77. The molecule has 2 aliphatic heterocycles. The molecule has 2 aliphatic rings. The third-order valence-corrected chi connectivity index (χ3v) is 6.40. The molecule has 2 amide bonds. The lowest BCUT2D eigenvalue weighted by Gasteiger charge is -2.13. The van der Waals surface area contributed by atoms with Gasteiger partial charge in [-0.15, -0.1) is 0 Å². The second kappa shape index (κ2) is 7.90. The minimum Gasteiger partial charge on any atom is -0.293 e. The number of amides is 2. The molecule has 2 saturated heterocycles. The van der Waals surface area contributed by atoms with Crippen LogP contribution in [0.15, 0.2) is 9.81 Å². The Bertz CT molecular complexity index is 511. The first-order valence-electron chi connectivity index (χ1n) is 7.32. The number of unbranched alkanes of at least 4 members (excludes halogenated alkanes) is 2. The van der Waals surface area contributed by atoms with E-state index in [4.69, 9.17) is 24.4 Å². The minimum absolute atomic E-state index is 0.153. The second-order valence-corrected chi connectivity index (χ2v) is 8.30. The molecule has 0 aromatic heterocycles. The third-order valence-electron chi connectivity index (χ3n) is 3.38. The summed E-state index contributed by atoms with van der Waals surface area (Å²) in [5.41, 5.74) is 0. The zero-order valence-corrected chi connectivity index (χ0v) is 15.9. The summed E-state index contributed by atoms with van der Waals surface area (Å²) in [7, 11) is 0. The number of nitrogens with zero attached hydrogens (tertiary/aromatic N) is 2. The SMILES string of the molecule is CCCCN1C(=O)/C(=C2\SC(=S)N(CCCC)C2=O)SC1=S. The molecule has 2 heterocycles. The Morgan fingerprint density at radius 1 is 0.818 bits per heavy atom. The molecule has 120 valence electrons. The van der Waals surface area contributed by atoms with Crippen LogP contribution in [0.2, 0.25) is 0 Å². The molecule has 0 N–H and O–H groups in total. The molecule has 0 aromatic rings. The third kappa shape index (κ3) is 3.55. The van der Waals surface area contributed by atoms with Crippen LogP contribution in [0.5, 0.6) is 0 Å². The largest absolute Gasteiger partial charge is 0.293 e. The highest BCUT2D eigenvalue weighted by atomic mass is 32.2. The summed E-state index contributed by atoms with van der Waals surface area (Å²) in [5.74, 6) is -0.307. The molecular weight excluding hydrogens is 356 g/mol. The van der Waals surface area contributed by atoms with Gasteiger partial charge in [-0.05, 0) is 12.8 Å². The van der Waals surface area contributed by atoms with Crippen molar-refractivity contribution in [2.45, 2.75) is 39.5 Å². The van der Waals surface area contributed by atoms with Gasteiger partial charge in [0.1, 0.15) is 8.64 Å². The molecule has 2 rings (SSSR count). The topological polar surface area (TPSA) is 40.6 Å². The van der Waals surface area contributed by atoms with E-state index in [0.717, 1.165) is 25.7 Å². The Labute approximate surface area is 150 Å². The van der Waals surface area contributed by atoms with Crippen molar-refractivity contribution in [2.24, 2.45) is 0 Å². The van der Waals surface area contributed by atoms with Crippen molar-refractivity contribution in [3.63, 3.8) is 0 Å². The standard InChI is InChI=1S/C14H18N2O2S4/c1-3-5-7-15-11(17)9(21-13(15)19)10-12(18)16(8-6-4-2)14(20)22-10/h3-8H2,1-2H3/b10-9+. The van der Waals surface area contributed by atoms with Crippen LogP contribution in [0, 0.1) is 0 Å². The average Bonchev–Trinajstić information content (AvgIpc) is 2.92. The maximum atomic E-state index is 12.5. The van der Waals surface area contributed by atoms with Gasteiger partial charge in [0.2, 0.25) is 0 Å². The highest BCUT2D eigenvalue weighted by Crippen LogP contribution is 2.42. The predicted octanol–water partition coefficient (Wildman–Crippen LogP) is 3.52. The van der Waals surface area contributed by atoms with Gasteiger partial charge >= 0.3 is 0 Å². The van der Waals surface area contributed by atoms with Crippen LogP contribution >= 0.6 is 48.0 Å². The van der Waals surface area contributed by atoms with E-state index in [-0.39, 0.29) is 11.8 Å². The van der Waals surface area contributed by atoms with Crippen LogP contribution in [0.4, 0.5) is 0 Å². The van der Waals surface area contributed by atoms with Gasteiger partial charge in [-0.25, -0.2) is 0 Å². The number of carbonyl (C=O) groups excluding carboxylic acids is 2. The van der Waals surface area contributed by atoms with Crippen LogP contribution in [0.25, 0.3) is 0 Å². The Kier molecular flexibility index (Phi) is 6.43. The van der Waals surface area contributed by atoms with Crippen molar-refractivity contribution in [1.82, 2.24) is 9.80 Å². The van der Waals surface area contributed by atoms with Gasteiger partial charge in [-0.2, -0.15) is 0 Å². The number of thioether (sulfide) groups is 2. The maximum absolute atomic E-state index is 12.5. The van der Waals surface area contributed by atoms with E-state index in [1.807, 2.05) is 0 Å². The van der Waals surface area contributed by atoms with Gasteiger partial charge in [-0.3, -0.25) is 19.4 Å². The van der Waals surface area contributed by atoms with Crippen LogP contribution in [0.3, 0.4) is 0 Å². The van der Waals surface area contributed by atoms with E-state index in [1.54, 1.807) is 9.80 Å². The highest BCUT2D eigenvalue weighted by Gasteiger charge is 2.41. The van der Waals surface area contributed by atoms with Crippen molar-refractivity contribution in [3.05, 3.63) is 9.81 Å². The highest BCUT2D eigenvalue weighted by molar-refractivity contribution is 8.29. The van der Waals surface area contributed by atoms with Crippen LogP contribution in [-0.2, 0) is 9.59 Å². The fourth-order valence-electron chi connectivity index (χ4n) is 2.09. The van der Waals surface area contributed by atoms with Gasteiger partial charge in [0, 0.05) is 13.1 Å². The van der Waals surface area contributed by atoms with Gasteiger partial charge in [0.05, 0.1) is 9.81 Å². The first-order chi connectivity index (χ1) is 10.5. The maximum Gasteiger partial charge on any atom is 0.267 e. The van der Waals surface area contributed by atoms with E-state index in [9.17, 15) is 9.59 Å². The summed E-state index contributed by atoms with van der Waals surface area (Å²) < 4.78 is 1.07. The van der Waals surface area contributed by atoms with Crippen LogP contribution in [0.1, 0.15) is 39.5 Å². The Hall–Kier alpha value is -0.440. The van der Waals surface area contributed by atoms with E-state index < -0.39 is 0 Å². The van der Waals surface area contributed by atoms with Gasteiger partial charge in [-0.1, -0.05) is 74.6 Å². The summed E-state index contributed by atoms with van der Waals surface area (Å²) >= 11 is 13.0. The van der Waals surface area contributed by atoms with Gasteiger partial charge in [0.15, 0.2) is 0 Å². The molecule has 22 heavy (non-hydrogen) atoms. The monoisotopic (exact) mass is 374 g/mol. The number of thiocarbonyl (C=S) groups is 2. The fourth-order valence-corrected chi connectivity index (χ4v) is 4.86. The molecule has 0 unspecified atom stereocenters. The van der Waals surface area contributed by atoms with Crippen molar-refractivity contribution in [1.29, 1.82) is 0 Å². The molecule has 4 nitrogen and oxygen atoms in total. The zero-order chi connectivity index (χ0) is 16.3. The van der Waals surface area contributed by atoms with Crippen molar-refractivity contribution in [3.8, 4) is 0 Å². The van der Waals surface area contributed by atoms with Crippen molar-refractivity contribution in [2.75, 3.05) is 13.1 Å². The Morgan fingerprint density at radius 2 is 1.18 bits per heavy atom. The van der Waals surface area contributed by atoms with Crippen molar-refractivity contribution < 1.29 is 9.59 Å². The van der Waals surface area contributed by atoms with Gasteiger partial charge in [0.25, 0.3) is 11.8 Å². The smallest absolute Gasteiger partial charge is 0.267 e. The number of hydrogen-bond donors (Lipinski definition) is 0. The lowest BCUT2D eigenvalue weighted by atomic mass is 10.3. The molecule has 0 radical (unpaired) electrons. The van der Waals surface area contributed by atoms with E-state index >= 15 is 0 Å². The summed E-state index contributed by atoms with van der Waals surface area (Å²) in [5, 5.41) is 0. The Morgan fingerprint density at radius 3 is 1.50 bits per heavy atom. The summed E-state index contributed by atoms with van der Waals surface area (Å²) in [6.07, 6.45) is 3.78. The number of carbonyl (C=O) groups is 2. The lowest BCUT2D eigenvalue weighted by molar-refractivity contribution is -0.124. The Balaban J connectivity index is 2.21. The van der Waals surface area contributed by atoms with Crippen LogP contribution in [-0.4, -0.2) is 43.3 Å². The summed E-state index contributed by atoms with van der Waals surface area (Å²) in [6, 6.07) is 0. The van der Waals surface area contributed by atoms with E-state index in [0.29, 0.717) is 31.5 Å². The molecular formula is C14H18N2O2S4. The number of hydrogen-bond acceptors (Lipinski definition) is 6. The molecule has 2 fully saturated rings. The summed E-state index contributed by atoms with van der Waals surface area (Å²) in [4.78, 5) is 29.1.